The molecule has 130 valence electrons. The first kappa shape index (κ1) is 17.9. The number of rotatable bonds is 6. The zero-order valence-electron chi connectivity index (χ0n) is 13.4. The van der Waals surface area contributed by atoms with Gasteiger partial charge >= 0.3 is 12.6 Å². The Morgan fingerprint density at radius 2 is 1.96 bits per heavy atom. The fraction of sp³-hybridized carbons (Fsp3) is 0.375. The topological polar surface area (TPSA) is 79.2 Å². The molecule has 0 bridgehead atoms. The van der Waals surface area contributed by atoms with Crippen LogP contribution in [0.2, 0.25) is 0 Å². The second-order valence-electron chi connectivity index (χ2n) is 5.66. The van der Waals surface area contributed by atoms with Gasteiger partial charge in [0.25, 0.3) is 0 Å². The van der Waals surface area contributed by atoms with Gasteiger partial charge in [0.05, 0.1) is 6.10 Å². The summed E-state index contributed by atoms with van der Waals surface area (Å²) in [5.41, 5.74) is 1.02. The number of anilines is 1. The zero-order valence-corrected chi connectivity index (χ0v) is 13.4. The van der Waals surface area contributed by atoms with Crippen molar-refractivity contribution in [2.45, 2.75) is 26.5 Å². The van der Waals surface area contributed by atoms with Crippen molar-refractivity contribution in [3.8, 4) is 11.4 Å². The third kappa shape index (κ3) is 4.51. The van der Waals surface area contributed by atoms with E-state index in [-0.39, 0.29) is 18.3 Å². The van der Waals surface area contributed by atoms with E-state index >= 15 is 0 Å². The van der Waals surface area contributed by atoms with Crippen LogP contribution in [0.25, 0.3) is 11.4 Å². The number of aliphatic hydroxyl groups is 1. The maximum Gasteiger partial charge on any atom is 0.320 e. The second kappa shape index (κ2) is 7.87. The molecule has 0 saturated carbocycles. The van der Waals surface area contributed by atoms with E-state index in [1.165, 1.54) is 12.4 Å². The fourth-order valence-corrected chi connectivity index (χ4v) is 2.01. The highest BCUT2D eigenvalue weighted by Crippen LogP contribution is 2.24. The lowest BCUT2D eigenvalue weighted by Crippen LogP contribution is -2.37. The Morgan fingerprint density at radius 1 is 1.29 bits per heavy atom. The zero-order chi connectivity index (χ0) is 17.7. The molecule has 8 heteroatoms. The summed E-state index contributed by atoms with van der Waals surface area (Å²) in [6.45, 7) is 1.19. The summed E-state index contributed by atoms with van der Waals surface area (Å²) in [6.07, 6.45) is 1.90. The average Bonchev–Trinajstić information content (AvgIpc) is 3.03. The fourth-order valence-electron chi connectivity index (χ4n) is 2.01. The normalized spacial score (nSPS) is 12.5. The van der Waals surface area contributed by atoms with Crippen molar-refractivity contribution in [3.63, 3.8) is 0 Å². The molecule has 3 N–H and O–H groups in total. The second-order valence-corrected chi connectivity index (χ2v) is 5.66. The molecule has 2 rings (SSSR count). The molecular weight excluding hydrogens is 318 g/mol. The molecule has 0 aliphatic rings. The molecule has 1 atom stereocenters. The predicted molar refractivity (Wildman–Crippen MR) is 86.8 cm³/mol. The number of halogens is 2. The van der Waals surface area contributed by atoms with Gasteiger partial charge in [0.15, 0.2) is 0 Å². The highest BCUT2D eigenvalue weighted by Gasteiger charge is 2.13. The smallest absolute Gasteiger partial charge is 0.320 e. The summed E-state index contributed by atoms with van der Waals surface area (Å²) in [7, 11) is 0. The van der Waals surface area contributed by atoms with Crippen molar-refractivity contribution >= 4 is 11.7 Å². The van der Waals surface area contributed by atoms with E-state index in [0.29, 0.717) is 11.3 Å². The Hall–Kier alpha value is -2.48. The first-order chi connectivity index (χ1) is 11.4. The molecule has 2 amide bonds. The average molecular weight is 338 g/mol. The third-order valence-electron chi connectivity index (χ3n) is 3.52. The van der Waals surface area contributed by atoms with Gasteiger partial charge in [0.2, 0.25) is 0 Å². The molecule has 0 saturated heterocycles. The number of hydrogen-bond acceptors (Lipinski definition) is 3. The number of carbonyl (C=O) groups is 1. The van der Waals surface area contributed by atoms with Crippen LogP contribution < -0.4 is 10.6 Å². The number of imidazole rings is 1. The number of urea groups is 1. The van der Waals surface area contributed by atoms with Gasteiger partial charge in [-0.1, -0.05) is 13.8 Å². The number of amides is 2. The maximum absolute atomic E-state index is 12.8. The molecule has 1 unspecified atom stereocenters. The lowest BCUT2D eigenvalue weighted by atomic mass is 10.1. The van der Waals surface area contributed by atoms with Gasteiger partial charge in [0.1, 0.15) is 5.82 Å². The van der Waals surface area contributed by atoms with Crippen molar-refractivity contribution in [1.29, 1.82) is 0 Å². The SMILES string of the molecule is CC(C)C(O)CNC(=O)Nc1ccc(-c2nccn2C(F)F)cc1. The van der Waals surface area contributed by atoms with Crippen LogP contribution in [0.3, 0.4) is 0 Å². The Bertz CT molecular complexity index is 671. The number of aliphatic hydroxyl groups excluding tert-OH is 1. The molecule has 0 spiro atoms. The minimum atomic E-state index is -2.67. The first-order valence-corrected chi connectivity index (χ1v) is 7.53. The highest BCUT2D eigenvalue weighted by atomic mass is 19.3. The van der Waals surface area contributed by atoms with E-state index in [2.05, 4.69) is 15.6 Å². The molecule has 1 heterocycles. The lowest BCUT2D eigenvalue weighted by molar-refractivity contribution is 0.0720. The summed E-state index contributed by atoms with van der Waals surface area (Å²) < 4.78 is 26.4. The van der Waals surface area contributed by atoms with Crippen LogP contribution in [0, 0.1) is 5.92 Å². The monoisotopic (exact) mass is 338 g/mol. The molecule has 1 aromatic carbocycles. The molecule has 0 aliphatic carbocycles. The molecule has 24 heavy (non-hydrogen) atoms. The van der Waals surface area contributed by atoms with Crippen LogP contribution in [-0.4, -0.2) is 33.3 Å². The Kier molecular flexibility index (Phi) is 5.86. The number of aromatic nitrogens is 2. The summed E-state index contributed by atoms with van der Waals surface area (Å²) in [5.74, 6) is 0.198. The van der Waals surface area contributed by atoms with Gasteiger partial charge in [-0.2, -0.15) is 8.78 Å². The van der Waals surface area contributed by atoms with E-state index in [4.69, 9.17) is 0 Å². The molecule has 6 nitrogen and oxygen atoms in total. The number of carbonyl (C=O) groups excluding carboxylic acids is 1. The summed E-state index contributed by atoms with van der Waals surface area (Å²) in [6, 6.07) is 5.94. The van der Waals surface area contributed by atoms with Gasteiger partial charge in [-0.3, -0.25) is 4.57 Å². The van der Waals surface area contributed by atoms with E-state index in [1.54, 1.807) is 24.3 Å². The summed E-state index contributed by atoms with van der Waals surface area (Å²) in [5, 5.41) is 14.8. The molecule has 1 aromatic heterocycles. The Morgan fingerprint density at radius 3 is 2.54 bits per heavy atom. The molecular formula is C16H20F2N4O2. The number of nitrogens with one attached hydrogen (secondary N) is 2. The van der Waals surface area contributed by atoms with Crippen molar-refractivity contribution in [2.75, 3.05) is 11.9 Å². The van der Waals surface area contributed by atoms with Gasteiger partial charge in [-0.15, -0.1) is 0 Å². The Balaban J connectivity index is 1.97. The van der Waals surface area contributed by atoms with Crippen LogP contribution in [0.15, 0.2) is 36.7 Å². The van der Waals surface area contributed by atoms with Crippen LogP contribution >= 0.6 is 0 Å². The summed E-state index contributed by atoms with van der Waals surface area (Å²) >= 11 is 0. The van der Waals surface area contributed by atoms with E-state index in [1.807, 2.05) is 13.8 Å². The van der Waals surface area contributed by atoms with Crippen molar-refractivity contribution in [1.82, 2.24) is 14.9 Å². The quantitative estimate of drug-likeness (QED) is 0.757. The van der Waals surface area contributed by atoms with Gasteiger partial charge in [-0.05, 0) is 30.2 Å². The number of hydrogen-bond donors (Lipinski definition) is 3. The van der Waals surface area contributed by atoms with Crippen molar-refractivity contribution in [3.05, 3.63) is 36.7 Å². The van der Waals surface area contributed by atoms with E-state index in [0.717, 1.165) is 4.57 Å². The third-order valence-corrected chi connectivity index (χ3v) is 3.52. The van der Waals surface area contributed by atoms with E-state index < -0.39 is 18.7 Å². The summed E-state index contributed by atoms with van der Waals surface area (Å²) in [4.78, 5) is 15.7. The van der Waals surface area contributed by atoms with Crippen LogP contribution in [0.4, 0.5) is 19.3 Å². The number of benzene rings is 1. The predicted octanol–water partition coefficient (Wildman–Crippen LogP) is 3.08. The molecule has 2 aromatic rings. The molecule has 0 fully saturated rings. The Labute approximate surface area is 138 Å². The minimum Gasteiger partial charge on any atom is -0.391 e. The van der Waals surface area contributed by atoms with E-state index in [9.17, 15) is 18.7 Å². The van der Waals surface area contributed by atoms with Crippen molar-refractivity contribution in [2.24, 2.45) is 5.92 Å². The first-order valence-electron chi connectivity index (χ1n) is 7.53. The minimum absolute atomic E-state index is 0.0446. The van der Waals surface area contributed by atoms with Crippen LogP contribution in [0.1, 0.15) is 20.4 Å². The standard InChI is InChI=1S/C16H20F2N4O2/c1-10(2)13(23)9-20-16(24)21-12-5-3-11(4-6-12)14-19-7-8-22(14)15(17)18/h3-8,10,13,15,23H,9H2,1-2H3,(H2,20,21,24). The van der Waals surface area contributed by atoms with Crippen LogP contribution in [0.5, 0.6) is 0 Å². The van der Waals surface area contributed by atoms with Gasteiger partial charge in [-0.25, -0.2) is 9.78 Å². The largest absolute Gasteiger partial charge is 0.391 e. The number of nitrogens with zero attached hydrogens (tertiary/aromatic N) is 2. The van der Waals surface area contributed by atoms with Crippen molar-refractivity contribution < 1.29 is 18.7 Å². The highest BCUT2D eigenvalue weighted by molar-refractivity contribution is 5.89. The number of alkyl halides is 2. The molecule has 0 aliphatic heterocycles. The van der Waals surface area contributed by atoms with Crippen LogP contribution in [-0.2, 0) is 0 Å². The van der Waals surface area contributed by atoms with Gasteiger partial charge < -0.3 is 15.7 Å². The molecule has 0 radical (unpaired) electrons. The lowest BCUT2D eigenvalue weighted by Gasteiger charge is -2.15. The maximum atomic E-state index is 12.8. The van der Waals surface area contributed by atoms with Gasteiger partial charge in [0, 0.05) is 30.2 Å².